The molecule has 2 heterocycles. The van der Waals surface area contributed by atoms with Crippen molar-refractivity contribution < 1.29 is 14.3 Å². The predicted octanol–water partition coefficient (Wildman–Crippen LogP) is 2.04. The monoisotopic (exact) mass is 339 g/mol. The third-order valence-electron chi connectivity index (χ3n) is 2.80. The molecule has 2 N–H and O–H groups in total. The summed E-state index contributed by atoms with van der Waals surface area (Å²) in [6.07, 6.45) is 0. The molecule has 1 aliphatic rings. The highest BCUT2D eigenvalue weighted by Gasteiger charge is 2.32. The second kappa shape index (κ2) is 6.04. The molecule has 0 aromatic carbocycles. The molecule has 0 saturated heterocycles. The molecule has 0 fully saturated rings. The van der Waals surface area contributed by atoms with Gasteiger partial charge in [-0.3, -0.25) is 0 Å². The number of nitrogens with one attached hydrogen (secondary N) is 2. The number of ether oxygens (including phenoxy) is 1. The molecule has 20 heavy (non-hydrogen) atoms. The van der Waals surface area contributed by atoms with E-state index in [1.54, 1.807) is 32.0 Å². The molecule has 0 spiro atoms. The summed E-state index contributed by atoms with van der Waals surface area (Å²) in [4.78, 5) is 28.0. The number of pyridine rings is 1. The minimum atomic E-state index is -0.625. The van der Waals surface area contributed by atoms with Gasteiger partial charge in [0.1, 0.15) is 10.6 Å². The second-order valence-corrected chi connectivity index (χ2v) is 4.99. The number of halogens is 1. The number of hydrogen-bond donors (Lipinski definition) is 2. The Morgan fingerprint density at radius 3 is 2.90 bits per heavy atom. The molecule has 7 heteroatoms. The molecule has 106 valence electrons. The van der Waals surface area contributed by atoms with Gasteiger partial charge < -0.3 is 15.4 Å². The van der Waals surface area contributed by atoms with Gasteiger partial charge in [-0.05, 0) is 41.9 Å². The lowest BCUT2D eigenvalue weighted by atomic mass is 9.99. The van der Waals surface area contributed by atoms with Crippen molar-refractivity contribution in [2.24, 2.45) is 0 Å². The molecule has 0 aliphatic carbocycles. The standard InChI is InChI=1S/C13H14BrN3O3/c1-3-20-12(18)10-7(2)15-13(19)17-11(10)8-5-4-6-9(14)16-8/h4-6,11H,3H2,1-2H3,(H2,15,17,19)/t11-/m0/s1. The fraction of sp³-hybridized carbons (Fsp3) is 0.308. The summed E-state index contributed by atoms with van der Waals surface area (Å²) in [5, 5.41) is 5.26. The van der Waals surface area contributed by atoms with Crippen LogP contribution in [0.3, 0.4) is 0 Å². The van der Waals surface area contributed by atoms with E-state index in [1.165, 1.54) is 0 Å². The molecule has 1 atom stereocenters. The Morgan fingerprint density at radius 2 is 2.25 bits per heavy atom. The van der Waals surface area contributed by atoms with Gasteiger partial charge in [0.15, 0.2) is 0 Å². The number of nitrogens with zero attached hydrogens (tertiary/aromatic N) is 1. The van der Waals surface area contributed by atoms with E-state index in [9.17, 15) is 9.59 Å². The highest BCUT2D eigenvalue weighted by Crippen LogP contribution is 2.27. The van der Waals surface area contributed by atoms with Gasteiger partial charge in [-0.25, -0.2) is 14.6 Å². The van der Waals surface area contributed by atoms with Crippen LogP contribution in [0.15, 0.2) is 34.1 Å². The molecule has 0 saturated carbocycles. The lowest BCUT2D eigenvalue weighted by Gasteiger charge is -2.27. The lowest BCUT2D eigenvalue weighted by molar-refractivity contribution is -0.139. The van der Waals surface area contributed by atoms with E-state index in [0.29, 0.717) is 21.6 Å². The first-order chi connectivity index (χ1) is 9.52. The van der Waals surface area contributed by atoms with Crippen LogP contribution in [-0.2, 0) is 9.53 Å². The van der Waals surface area contributed by atoms with Gasteiger partial charge in [0, 0.05) is 5.70 Å². The van der Waals surface area contributed by atoms with Crippen molar-refractivity contribution >= 4 is 27.9 Å². The van der Waals surface area contributed by atoms with E-state index < -0.39 is 12.0 Å². The maximum Gasteiger partial charge on any atom is 0.338 e. The van der Waals surface area contributed by atoms with Crippen molar-refractivity contribution in [3.63, 3.8) is 0 Å². The Balaban J connectivity index is 2.44. The molecule has 2 amide bonds. The van der Waals surface area contributed by atoms with Crippen LogP contribution < -0.4 is 10.6 Å². The lowest BCUT2D eigenvalue weighted by Crippen LogP contribution is -2.45. The van der Waals surface area contributed by atoms with Gasteiger partial charge in [0.2, 0.25) is 0 Å². The van der Waals surface area contributed by atoms with Crippen molar-refractivity contribution in [3.8, 4) is 0 Å². The number of carbonyl (C=O) groups excluding carboxylic acids is 2. The van der Waals surface area contributed by atoms with E-state index in [-0.39, 0.29) is 12.6 Å². The van der Waals surface area contributed by atoms with Gasteiger partial charge in [0.25, 0.3) is 0 Å². The largest absolute Gasteiger partial charge is 0.463 e. The van der Waals surface area contributed by atoms with Crippen LogP contribution in [0.5, 0.6) is 0 Å². The number of amides is 2. The quantitative estimate of drug-likeness (QED) is 0.652. The Bertz CT molecular complexity index is 586. The van der Waals surface area contributed by atoms with E-state index in [0.717, 1.165) is 0 Å². The first kappa shape index (κ1) is 14.5. The van der Waals surface area contributed by atoms with Crippen molar-refractivity contribution in [1.29, 1.82) is 0 Å². The van der Waals surface area contributed by atoms with Crippen LogP contribution in [0.1, 0.15) is 25.6 Å². The van der Waals surface area contributed by atoms with Crippen LogP contribution in [0, 0.1) is 0 Å². The Kier molecular flexibility index (Phi) is 4.39. The minimum Gasteiger partial charge on any atom is -0.463 e. The zero-order valence-electron chi connectivity index (χ0n) is 11.1. The molecule has 0 radical (unpaired) electrons. The van der Waals surface area contributed by atoms with Crippen LogP contribution in [0.25, 0.3) is 0 Å². The molecule has 0 unspecified atom stereocenters. The first-order valence-corrected chi connectivity index (χ1v) is 6.90. The predicted molar refractivity (Wildman–Crippen MR) is 75.7 cm³/mol. The topological polar surface area (TPSA) is 80.3 Å². The molecule has 1 aromatic rings. The summed E-state index contributed by atoms with van der Waals surface area (Å²) in [6.45, 7) is 3.66. The minimum absolute atomic E-state index is 0.266. The number of hydrogen-bond acceptors (Lipinski definition) is 4. The van der Waals surface area contributed by atoms with E-state index in [4.69, 9.17) is 4.74 Å². The van der Waals surface area contributed by atoms with Crippen LogP contribution in [-0.4, -0.2) is 23.6 Å². The Morgan fingerprint density at radius 1 is 1.50 bits per heavy atom. The van der Waals surface area contributed by atoms with Crippen LogP contribution in [0.2, 0.25) is 0 Å². The summed E-state index contributed by atoms with van der Waals surface area (Å²) in [5.74, 6) is -0.468. The summed E-state index contributed by atoms with van der Waals surface area (Å²) in [5.41, 5.74) is 1.40. The molecule has 1 aliphatic heterocycles. The van der Waals surface area contributed by atoms with Gasteiger partial charge in [-0.1, -0.05) is 6.07 Å². The molecule has 1 aromatic heterocycles. The molecule has 2 rings (SSSR count). The zero-order valence-corrected chi connectivity index (χ0v) is 12.7. The smallest absolute Gasteiger partial charge is 0.338 e. The maximum absolute atomic E-state index is 12.1. The molecular weight excluding hydrogens is 326 g/mol. The molecular formula is C13H14BrN3O3. The maximum atomic E-state index is 12.1. The Labute approximate surface area is 124 Å². The number of carbonyl (C=O) groups is 2. The highest BCUT2D eigenvalue weighted by molar-refractivity contribution is 9.10. The fourth-order valence-electron chi connectivity index (χ4n) is 1.98. The zero-order chi connectivity index (χ0) is 14.7. The number of rotatable bonds is 3. The summed E-state index contributed by atoms with van der Waals surface area (Å²) >= 11 is 3.28. The van der Waals surface area contributed by atoms with Gasteiger partial charge >= 0.3 is 12.0 Å². The van der Waals surface area contributed by atoms with Crippen molar-refractivity contribution in [2.45, 2.75) is 19.9 Å². The van der Waals surface area contributed by atoms with Gasteiger partial charge in [-0.2, -0.15) is 0 Å². The van der Waals surface area contributed by atoms with Crippen molar-refractivity contribution in [2.75, 3.05) is 6.61 Å². The summed E-state index contributed by atoms with van der Waals surface area (Å²) < 4.78 is 5.67. The average molecular weight is 340 g/mol. The number of aromatic nitrogens is 1. The summed E-state index contributed by atoms with van der Waals surface area (Å²) in [7, 11) is 0. The van der Waals surface area contributed by atoms with E-state index in [2.05, 4.69) is 31.5 Å². The first-order valence-electron chi connectivity index (χ1n) is 6.10. The van der Waals surface area contributed by atoms with Crippen LogP contribution >= 0.6 is 15.9 Å². The number of urea groups is 1. The second-order valence-electron chi connectivity index (χ2n) is 4.18. The normalized spacial score (nSPS) is 18.4. The van der Waals surface area contributed by atoms with Crippen LogP contribution in [0.4, 0.5) is 4.79 Å². The van der Waals surface area contributed by atoms with Crippen molar-refractivity contribution in [3.05, 3.63) is 39.8 Å². The Hall–Kier alpha value is -1.89. The van der Waals surface area contributed by atoms with E-state index >= 15 is 0 Å². The van der Waals surface area contributed by atoms with Crippen molar-refractivity contribution in [1.82, 2.24) is 15.6 Å². The summed E-state index contributed by atoms with van der Waals surface area (Å²) in [6, 6.07) is 4.31. The fourth-order valence-corrected chi connectivity index (χ4v) is 2.34. The average Bonchev–Trinajstić information content (AvgIpc) is 2.37. The molecule has 0 bridgehead atoms. The third-order valence-corrected chi connectivity index (χ3v) is 3.24. The SMILES string of the molecule is CCOC(=O)C1=C(C)NC(=O)N[C@H]1c1cccc(Br)n1. The highest BCUT2D eigenvalue weighted by atomic mass is 79.9. The number of esters is 1. The third kappa shape index (κ3) is 2.98. The number of allylic oxidation sites excluding steroid dienone is 1. The van der Waals surface area contributed by atoms with E-state index in [1.807, 2.05) is 0 Å². The molecule has 6 nitrogen and oxygen atoms in total. The van der Waals surface area contributed by atoms with Gasteiger partial charge in [-0.15, -0.1) is 0 Å². The van der Waals surface area contributed by atoms with Gasteiger partial charge in [0.05, 0.1) is 17.9 Å².